The Morgan fingerprint density at radius 1 is 1.13 bits per heavy atom. The first-order valence-electron chi connectivity index (χ1n) is 7.76. The van der Waals surface area contributed by atoms with Gasteiger partial charge in [-0.15, -0.1) is 0 Å². The van der Waals surface area contributed by atoms with Crippen molar-refractivity contribution in [3.05, 3.63) is 54.1 Å². The Hall–Kier alpha value is -2.08. The molecule has 0 saturated heterocycles. The highest BCUT2D eigenvalue weighted by molar-refractivity contribution is 7.80. The van der Waals surface area contributed by atoms with Crippen LogP contribution in [-0.2, 0) is 5.41 Å². The Balaban J connectivity index is 1.66. The van der Waals surface area contributed by atoms with Crippen LogP contribution in [0.3, 0.4) is 0 Å². The van der Waals surface area contributed by atoms with E-state index in [1.54, 1.807) is 18.5 Å². The molecule has 23 heavy (non-hydrogen) atoms. The van der Waals surface area contributed by atoms with Crippen molar-refractivity contribution in [2.24, 2.45) is 0 Å². The number of nitrogens with zero attached hydrogens (tertiary/aromatic N) is 2. The van der Waals surface area contributed by atoms with Gasteiger partial charge in [-0.1, -0.05) is 25.0 Å². The largest absolute Gasteiger partial charge is 0.361 e. The minimum absolute atomic E-state index is 0.0109. The highest BCUT2D eigenvalue weighted by atomic mass is 32.1. The van der Waals surface area contributed by atoms with Gasteiger partial charge in [0, 0.05) is 24.4 Å². The molecule has 0 atom stereocenters. The van der Waals surface area contributed by atoms with Crippen LogP contribution in [0.15, 0.2) is 42.7 Å². The second-order valence-corrected chi connectivity index (χ2v) is 6.28. The van der Waals surface area contributed by atoms with E-state index in [4.69, 9.17) is 12.2 Å². The van der Waals surface area contributed by atoms with Crippen LogP contribution in [0.1, 0.15) is 31.2 Å². The average molecular weight is 330 g/mol. The topological polar surface area (TPSA) is 49.8 Å². The summed E-state index contributed by atoms with van der Waals surface area (Å²) in [5.41, 5.74) is 1.18. The van der Waals surface area contributed by atoms with Crippen LogP contribution in [0.25, 0.3) is 0 Å². The molecule has 0 amide bonds. The van der Waals surface area contributed by atoms with Crippen LogP contribution in [-0.4, -0.2) is 21.6 Å². The van der Waals surface area contributed by atoms with Crippen LogP contribution in [0.2, 0.25) is 0 Å². The first-order valence-corrected chi connectivity index (χ1v) is 8.17. The van der Waals surface area contributed by atoms with Crippen molar-refractivity contribution >= 4 is 23.3 Å². The van der Waals surface area contributed by atoms with Gasteiger partial charge in [-0.05, 0) is 48.8 Å². The van der Waals surface area contributed by atoms with E-state index in [1.165, 1.54) is 30.5 Å². The molecule has 1 saturated carbocycles. The van der Waals surface area contributed by atoms with Crippen LogP contribution in [0, 0.1) is 5.82 Å². The number of nitrogens with one attached hydrogen (secondary N) is 2. The fourth-order valence-corrected chi connectivity index (χ4v) is 3.35. The zero-order chi connectivity index (χ0) is 16.1. The second-order valence-electron chi connectivity index (χ2n) is 5.87. The summed E-state index contributed by atoms with van der Waals surface area (Å²) >= 11 is 5.33. The molecule has 120 valence electrons. The maximum atomic E-state index is 13.2. The van der Waals surface area contributed by atoms with Crippen LogP contribution in [0.5, 0.6) is 0 Å². The Bertz CT molecular complexity index is 654. The van der Waals surface area contributed by atoms with E-state index >= 15 is 0 Å². The number of hydrogen-bond donors (Lipinski definition) is 2. The third-order valence-corrected chi connectivity index (χ3v) is 4.64. The first-order chi connectivity index (χ1) is 11.2. The average Bonchev–Trinajstić information content (AvgIpc) is 3.05. The summed E-state index contributed by atoms with van der Waals surface area (Å²) in [7, 11) is 0. The van der Waals surface area contributed by atoms with E-state index in [-0.39, 0.29) is 11.2 Å². The summed E-state index contributed by atoms with van der Waals surface area (Å²) in [6.07, 6.45) is 7.85. The number of rotatable bonds is 4. The van der Waals surface area contributed by atoms with Crippen molar-refractivity contribution in [3.63, 3.8) is 0 Å². The molecule has 6 heteroatoms. The molecule has 1 aliphatic carbocycles. The standard InChI is InChI=1S/C17H19FN4S/c18-14-6-4-13(5-7-14)17(8-1-2-9-17)12-21-16(23)22-15-19-10-3-11-20-15/h3-7,10-11H,1-2,8-9,12H2,(H2,19,20,21,22,23). The number of halogens is 1. The van der Waals surface area contributed by atoms with Crippen molar-refractivity contribution in [2.75, 3.05) is 11.9 Å². The van der Waals surface area contributed by atoms with Gasteiger partial charge in [0.25, 0.3) is 0 Å². The Labute approximate surface area is 140 Å². The predicted molar refractivity (Wildman–Crippen MR) is 92.8 cm³/mol. The van der Waals surface area contributed by atoms with E-state index < -0.39 is 0 Å². The van der Waals surface area contributed by atoms with Crippen LogP contribution < -0.4 is 10.6 Å². The van der Waals surface area contributed by atoms with E-state index in [0.717, 1.165) is 19.4 Å². The van der Waals surface area contributed by atoms with Crippen molar-refractivity contribution in [1.82, 2.24) is 15.3 Å². The molecule has 3 rings (SSSR count). The molecule has 0 radical (unpaired) electrons. The van der Waals surface area contributed by atoms with Gasteiger partial charge in [-0.25, -0.2) is 14.4 Å². The fourth-order valence-electron chi connectivity index (χ4n) is 3.18. The normalized spacial score (nSPS) is 16.0. The van der Waals surface area contributed by atoms with E-state index in [1.807, 2.05) is 12.1 Å². The van der Waals surface area contributed by atoms with E-state index in [9.17, 15) is 4.39 Å². The lowest BCUT2D eigenvalue weighted by atomic mass is 9.79. The molecular weight excluding hydrogens is 311 g/mol. The van der Waals surface area contributed by atoms with Gasteiger partial charge < -0.3 is 10.6 Å². The Kier molecular flexibility index (Phi) is 4.81. The molecule has 0 spiro atoms. The zero-order valence-corrected chi connectivity index (χ0v) is 13.6. The van der Waals surface area contributed by atoms with Gasteiger partial charge in [0.05, 0.1) is 0 Å². The highest BCUT2D eigenvalue weighted by Gasteiger charge is 2.35. The number of hydrogen-bond acceptors (Lipinski definition) is 3. The third kappa shape index (κ3) is 3.82. The maximum absolute atomic E-state index is 13.2. The fraction of sp³-hybridized carbons (Fsp3) is 0.353. The van der Waals surface area contributed by atoms with Gasteiger partial charge in [-0.2, -0.15) is 0 Å². The molecule has 1 aromatic heterocycles. The summed E-state index contributed by atoms with van der Waals surface area (Å²) in [6, 6.07) is 8.59. The Morgan fingerprint density at radius 2 is 1.78 bits per heavy atom. The highest BCUT2D eigenvalue weighted by Crippen LogP contribution is 2.40. The van der Waals surface area contributed by atoms with E-state index in [0.29, 0.717) is 11.1 Å². The number of aromatic nitrogens is 2. The summed E-state index contributed by atoms with van der Waals surface area (Å²) in [4.78, 5) is 8.18. The molecule has 0 bridgehead atoms. The van der Waals surface area contributed by atoms with Crippen molar-refractivity contribution in [3.8, 4) is 0 Å². The summed E-state index contributed by atoms with van der Waals surface area (Å²) < 4.78 is 13.2. The maximum Gasteiger partial charge on any atom is 0.228 e. The predicted octanol–water partition coefficient (Wildman–Crippen LogP) is 3.41. The molecule has 1 fully saturated rings. The lowest BCUT2D eigenvalue weighted by Crippen LogP contribution is -2.41. The third-order valence-electron chi connectivity index (χ3n) is 4.40. The Morgan fingerprint density at radius 3 is 2.43 bits per heavy atom. The molecule has 2 aromatic rings. The lowest BCUT2D eigenvalue weighted by molar-refractivity contribution is 0.434. The first kappa shape index (κ1) is 15.8. The molecule has 2 N–H and O–H groups in total. The zero-order valence-electron chi connectivity index (χ0n) is 12.8. The molecule has 4 nitrogen and oxygen atoms in total. The minimum Gasteiger partial charge on any atom is -0.361 e. The minimum atomic E-state index is -0.201. The lowest BCUT2D eigenvalue weighted by Gasteiger charge is -2.30. The van der Waals surface area contributed by atoms with Gasteiger partial charge in [0.1, 0.15) is 5.82 Å². The van der Waals surface area contributed by atoms with Crippen molar-refractivity contribution in [2.45, 2.75) is 31.1 Å². The number of thiocarbonyl (C=S) groups is 1. The summed E-state index contributed by atoms with van der Waals surface area (Å²) in [6.45, 7) is 0.720. The summed E-state index contributed by atoms with van der Waals surface area (Å²) in [5, 5.41) is 6.76. The van der Waals surface area contributed by atoms with Gasteiger partial charge in [0.15, 0.2) is 5.11 Å². The quantitative estimate of drug-likeness (QED) is 0.841. The molecule has 0 aliphatic heterocycles. The second kappa shape index (κ2) is 7.00. The number of anilines is 1. The molecule has 0 unspecified atom stereocenters. The smallest absolute Gasteiger partial charge is 0.228 e. The van der Waals surface area contributed by atoms with Crippen molar-refractivity contribution < 1.29 is 4.39 Å². The monoisotopic (exact) mass is 330 g/mol. The van der Waals surface area contributed by atoms with Gasteiger partial charge >= 0.3 is 0 Å². The van der Waals surface area contributed by atoms with Crippen LogP contribution >= 0.6 is 12.2 Å². The molecular formula is C17H19FN4S. The van der Waals surface area contributed by atoms with Crippen LogP contribution in [0.4, 0.5) is 10.3 Å². The number of benzene rings is 1. The molecule has 1 heterocycles. The summed E-state index contributed by atoms with van der Waals surface area (Å²) in [5.74, 6) is 0.278. The van der Waals surface area contributed by atoms with Crippen molar-refractivity contribution in [1.29, 1.82) is 0 Å². The molecule has 1 aromatic carbocycles. The molecule has 1 aliphatic rings. The van der Waals surface area contributed by atoms with E-state index in [2.05, 4.69) is 20.6 Å². The SMILES string of the molecule is Fc1ccc(C2(CNC(=S)Nc3ncccn3)CCCC2)cc1. The van der Waals surface area contributed by atoms with Gasteiger partial charge in [0.2, 0.25) is 5.95 Å². The van der Waals surface area contributed by atoms with Gasteiger partial charge in [-0.3, -0.25) is 0 Å².